The van der Waals surface area contributed by atoms with Gasteiger partial charge in [-0.1, -0.05) is 0 Å². The first-order chi connectivity index (χ1) is 17.0. The minimum atomic E-state index is 0.113. The van der Waals surface area contributed by atoms with Crippen LogP contribution < -0.4 is 14.4 Å². The highest BCUT2D eigenvalue weighted by Gasteiger charge is 2.15. The van der Waals surface area contributed by atoms with E-state index in [1.54, 1.807) is 25.7 Å². The molecular weight excluding hydrogens is 446 g/mol. The molecule has 10 nitrogen and oxygen atoms in total. The Hall–Kier alpha value is -4.05. The van der Waals surface area contributed by atoms with E-state index >= 15 is 0 Å². The molecule has 35 heavy (non-hydrogen) atoms. The fourth-order valence-corrected chi connectivity index (χ4v) is 3.51. The molecule has 0 amide bonds. The molecule has 0 aliphatic carbocycles. The summed E-state index contributed by atoms with van der Waals surface area (Å²) in [5, 5.41) is 13.4. The van der Waals surface area contributed by atoms with Crippen LogP contribution in [0.15, 0.2) is 49.1 Å². The molecule has 4 aromatic rings. The van der Waals surface area contributed by atoms with Crippen LogP contribution in [0.25, 0.3) is 22.5 Å². The van der Waals surface area contributed by atoms with Crippen molar-refractivity contribution in [2.24, 2.45) is 0 Å². The van der Waals surface area contributed by atoms with Crippen LogP contribution in [0.3, 0.4) is 0 Å². The molecular formula is C25H29N7O3. The number of methoxy groups -OCH3 is 1. The lowest BCUT2D eigenvalue weighted by molar-refractivity contribution is 0.290. The second kappa shape index (κ2) is 10.9. The first-order valence-electron chi connectivity index (χ1n) is 11.4. The maximum absolute atomic E-state index is 9.06. The molecule has 0 saturated heterocycles. The van der Waals surface area contributed by atoms with E-state index in [-0.39, 0.29) is 6.61 Å². The Morgan fingerprint density at radius 2 is 1.94 bits per heavy atom. The number of aromatic nitrogens is 6. The second-order valence-corrected chi connectivity index (χ2v) is 7.94. The van der Waals surface area contributed by atoms with Gasteiger partial charge in [0.05, 0.1) is 36.0 Å². The summed E-state index contributed by atoms with van der Waals surface area (Å²) in [7, 11) is 3.44. The van der Waals surface area contributed by atoms with E-state index in [0.29, 0.717) is 53.2 Å². The molecule has 0 aliphatic rings. The van der Waals surface area contributed by atoms with Crippen molar-refractivity contribution in [1.82, 2.24) is 29.7 Å². The van der Waals surface area contributed by atoms with Crippen LogP contribution in [0.4, 0.5) is 5.95 Å². The standard InChI is InChI=1S/C25H29N7O3/c1-5-32-16-18(14-28-32)22-13-19(9-10-26-22)35-23-8-7-21(29-17(23)2)20-15-27-25(30-24(20)34-4)31(3)11-6-12-33/h7-10,13-16,33H,5-6,11-12H2,1-4H3. The van der Waals surface area contributed by atoms with Crippen LogP contribution in [0.5, 0.6) is 17.4 Å². The molecule has 10 heteroatoms. The van der Waals surface area contributed by atoms with Crippen LogP contribution >= 0.6 is 0 Å². The molecule has 0 atom stereocenters. The van der Waals surface area contributed by atoms with Crippen molar-refractivity contribution in [1.29, 1.82) is 0 Å². The average molecular weight is 476 g/mol. The number of aliphatic hydroxyl groups is 1. The molecule has 4 aromatic heterocycles. The average Bonchev–Trinajstić information content (AvgIpc) is 3.38. The Morgan fingerprint density at radius 3 is 2.66 bits per heavy atom. The smallest absolute Gasteiger partial charge is 0.228 e. The summed E-state index contributed by atoms with van der Waals surface area (Å²) < 4.78 is 13.5. The number of anilines is 1. The van der Waals surface area contributed by atoms with E-state index < -0.39 is 0 Å². The summed E-state index contributed by atoms with van der Waals surface area (Å²) in [5.74, 6) is 2.25. The number of aliphatic hydroxyl groups excluding tert-OH is 1. The molecule has 0 saturated carbocycles. The van der Waals surface area contributed by atoms with E-state index in [2.05, 4.69) is 20.1 Å². The molecule has 0 aromatic carbocycles. The summed E-state index contributed by atoms with van der Waals surface area (Å²) >= 11 is 0. The number of pyridine rings is 2. The lowest BCUT2D eigenvalue weighted by Crippen LogP contribution is -2.22. The number of nitrogens with zero attached hydrogens (tertiary/aromatic N) is 7. The monoisotopic (exact) mass is 475 g/mol. The van der Waals surface area contributed by atoms with Gasteiger partial charge < -0.3 is 19.5 Å². The predicted molar refractivity (Wildman–Crippen MR) is 133 cm³/mol. The Bertz CT molecular complexity index is 1290. The van der Waals surface area contributed by atoms with Crippen molar-refractivity contribution in [3.63, 3.8) is 0 Å². The van der Waals surface area contributed by atoms with E-state index in [1.807, 2.05) is 60.9 Å². The molecule has 0 fully saturated rings. The van der Waals surface area contributed by atoms with Gasteiger partial charge in [0, 0.05) is 57.0 Å². The van der Waals surface area contributed by atoms with Gasteiger partial charge in [-0.05, 0) is 38.5 Å². The first kappa shape index (κ1) is 24.1. The van der Waals surface area contributed by atoms with E-state index in [0.717, 1.165) is 17.8 Å². The Kier molecular flexibility index (Phi) is 7.51. The zero-order valence-electron chi connectivity index (χ0n) is 20.3. The second-order valence-electron chi connectivity index (χ2n) is 7.94. The molecule has 4 heterocycles. The predicted octanol–water partition coefficient (Wildman–Crippen LogP) is 3.74. The summed E-state index contributed by atoms with van der Waals surface area (Å²) in [6.07, 6.45) is 7.80. The molecule has 0 bridgehead atoms. The molecule has 0 unspecified atom stereocenters. The zero-order valence-corrected chi connectivity index (χ0v) is 20.3. The van der Waals surface area contributed by atoms with Crippen LogP contribution in [0.1, 0.15) is 19.0 Å². The minimum absolute atomic E-state index is 0.113. The molecule has 0 radical (unpaired) electrons. The van der Waals surface area contributed by atoms with Gasteiger partial charge in [0.1, 0.15) is 11.5 Å². The van der Waals surface area contributed by atoms with Gasteiger partial charge in [-0.3, -0.25) is 9.67 Å². The largest absolute Gasteiger partial charge is 0.480 e. The Balaban J connectivity index is 1.55. The zero-order chi connectivity index (χ0) is 24.8. The van der Waals surface area contributed by atoms with Gasteiger partial charge in [0.15, 0.2) is 0 Å². The van der Waals surface area contributed by atoms with E-state index in [4.69, 9.17) is 19.6 Å². The highest BCUT2D eigenvalue weighted by atomic mass is 16.5. The van der Waals surface area contributed by atoms with Gasteiger partial charge in [-0.15, -0.1) is 0 Å². The molecule has 182 valence electrons. The van der Waals surface area contributed by atoms with Gasteiger partial charge in [-0.2, -0.15) is 10.1 Å². The summed E-state index contributed by atoms with van der Waals surface area (Å²) in [4.78, 5) is 20.0. The quantitative estimate of drug-likeness (QED) is 0.366. The van der Waals surface area contributed by atoms with Gasteiger partial charge in [0.2, 0.25) is 11.8 Å². The highest BCUT2D eigenvalue weighted by molar-refractivity contribution is 5.66. The van der Waals surface area contributed by atoms with Crippen LogP contribution in [-0.4, -0.2) is 62.1 Å². The number of ether oxygens (including phenoxy) is 2. The van der Waals surface area contributed by atoms with Crippen LogP contribution in [0.2, 0.25) is 0 Å². The van der Waals surface area contributed by atoms with Crippen molar-refractivity contribution in [3.05, 3.63) is 54.7 Å². The van der Waals surface area contributed by atoms with Gasteiger partial charge in [0.25, 0.3) is 0 Å². The number of hydrogen-bond donors (Lipinski definition) is 1. The fourth-order valence-electron chi connectivity index (χ4n) is 3.51. The number of aryl methyl sites for hydroxylation is 2. The minimum Gasteiger partial charge on any atom is -0.480 e. The van der Waals surface area contributed by atoms with Crippen molar-refractivity contribution in [2.45, 2.75) is 26.8 Å². The molecule has 0 aliphatic heterocycles. The third kappa shape index (κ3) is 5.55. The molecule has 1 N–H and O–H groups in total. The summed E-state index contributed by atoms with van der Waals surface area (Å²) in [6.45, 7) is 5.47. The van der Waals surface area contributed by atoms with Crippen molar-refractivity contribution < 1.29 is 14.6 Å². The van der Waals surface area contributed by atoms with Crippen molar-refractivity contribution in [2.75, 3.05) is 32.2 Å². The van der Waals surface area contributed by atoms with Gasteiger partial charge in [-0.25, -0.2) is 9.97 Å². The SMILES string of the molecule is CCn1cc(-c2cc(Oc3ccc(-c4cnc(N(C)CCCO)nc4OC)nc3C)ccn2)cn1. The summed E-state index contributed by atoms with van der Waals surface area (Å²) in [5.41, 5.74) is 3.79. The van der Waals surface area contributed by atoms with Crippen LogP contribution in [-0.2, 0) is 6.54 Å². The maximum Gasteiger partial charge on any atom is 0.228 e. The topological polar surface area (TPSA) is 111 Å². The van der Waals surface area contributed by atoms with Gasteiger partial charge >= 0.3 is 0 Å². The van der Waals surface area contributed by atoms with Crippen molar-refractivity contribution in [3.8, 4) is 39.9 Å². The molecule has 0 spiro atoms. The van der Waals surface area contributed by atoms with E-state index in [9.17, 15) is 0 Å². The third-order valence-corrected chi connectivity index (χ3v) is 5.45. The summed E-state index contributed by atoms with van der Waals surface area (Å²) in [6, 6.07) is 7.41. The normalized spacial score (nSPS) is 10.9. The lowest BCUT2D eigenvalue weighted by Gasteiger charge is -2.18. The Morgan fingerprint density at radius 1 is 1.09 bits per heavy atom. The third-order valence-electron chi connectivity index (χ3n) is 5.45. The van der Waals surface area contributed by atoms with E-state index in [1.165, 1.54) is 0 Å². The lowest BCUT2D eigenvalue weighted by atomic mass is 10.2. The Labute approximate surface area is 204 Å². The maximum atomic E-state index is 9.06. The highest BCUT2D eigenvalue weighted by Crippen LogP contribution is 2.32. The number of hydrogen-bond acceptors (Lipinski definition) is 9. The fraction of sp³-hybridized carbons (Fsp3) is 0.320. The van der Waals surface area contributed by atoms with Crippen LogP contribution in [0, 0.1) is 6.92 Å². The number of rotatable bonds is 10. The van der Waals surface area contributed by atoms with Crippen molar-refractivity contribution >= 4 is 5.95 Å². The first-order valence-corrected chi connectivity index (χ1v) is 11.4. The molecule has 4 rings (SSSR count).